The van der Waals surface area contributed by atoms with Crippen LogP contribution in [0.3, 0.4) is 0 Å². The van der Waals surface area contributed by atoms with Crippen LogP contribution in [-0.4, -0.2) is 41.2 Å². The summed E-state index contributed by atoms with van der Waals surface area (Å²) in [5, 5.41) is 9.84. The van der Waals surface area contributed by atoms with Gasteiger partial charge in [-0.05, 0) is 57.0 Å². The number of nitrogens with one attached hydrogen (secondary N) is 1. The van der Waals surface area contributed by atoms with Gasteiger partial charge < -0.3 is 4.74 Å². The van der Waals surface area contributed by atoms with Gasteiger partial charge in [-0.3, -0.25) is 19.9 Å². The van der Waals surface area contributed by atoms with Crippen molar-refractivity contribution in [2.75, 3.05) is 20.2 Å². The Kier molecular flexibility index (Phi) is 10.9. The van der Waals surface area contributed by atoms with Gasteiger partial charge in [0.05, 0.1) is 16.8 Å². The molecule has 0 radical (unpaired) electrons. The van der Waals surface area contributed by atoms with Gasteiger partial charge in [-0.25, -0.2) is 5.48 Å². The summed E-state index contributed by atoms with van der Waals surface area (Å²) in [4.78, 5) is 18.9. The number of nitrogens with zero attached hydrogens (tertiary/aromatic N) is 2. The lowest BCUT2D eigenvalue weighted by molar-refractivity contribution is -0.135. The van der Waals surface area contributed by atoms with Crippen LogP contribution in [0.2, 0.25) is 5.02 Å². The van der Waals surface area contributed by atoms with Crippen LogP contribution in [0.15, 0.2) is 42.6 Å². The fraction of sp³-hybridized carbons (Fsp3) is 0.500. The first-order chi connectivity index (χ1) is 15.0. The Bertz CT molecular complexity index is 784. The van der Waals surface area contributed by atoms with Gasteiger partial charge in [0.1, 0.15) is 0 Å². The molecule has 1 heterocycles. The van der Waals surface area contributed by atoms with Gasteiger partial charge in [0, 0.05) is 25.8 Å². The highest BCUT2D eigenvalue weighted by atomic mass is 35.5. The summed E-state index contributed by atoms with van der Waals surface area (Å²) in [6, 6.07) is 11.9. The van der Waals surface area contributed by atoms with Gasteiger partial charge >= 0.3 is 0 Å². The van der Waals surface area contributed by atoms with E-state index in [1.807, 2.05) is 48.8 Å². The summed E-state index contributed by atoms with van der Waals surface area (Å²) < 4.78 is 5.65. The first kappa shape index (κ1) is 25.3. The Labute approximate surface area is 190 Å². The van der Waals surface area contributed by atoms with E-state index in [-0.39, 0.29) is 17.9 Å². The number of hydroxylamine groups is 1. The molecule has 0 bridgehead atoms. The second-order valence-electron chi connectivity index (χ2n) is 7.88. The lowest BCUT2D eigenvalue weighted by Crippen LogP contribution is -2.30. The van der Waals surface area contributed by atoms with E-state index < -0.39 is 0 Å². The number of methoxy groups -OCH3 is 1. The van der Waals surface area contributed by atoms with Crippen LogP contribution in [0.5, 0.6) is 0 Å². The molecular weight excluding hydrogens is 414 g/mol. The number of pyridine rings is 1. The molecule has 0 spiro atoms. The monoisotopic (exact) mass is 447 g/mol. The predicted molar refractivity (Wildman–Crippen MR) is 123 cm³/mol. The van der Waals surface area contributed by atoms with Crippen molar-refractivity contribution in [1.29, 1.82) is 0 Å². The number of hydrogen-bond donors (Lipinski definition) is 2. The molecule has 0 aliphatic carbocycles. The molecule has 2 rings (SSSR count). The Hall–Kier alpha value is -1.99. The van der Waals surface area contributed by atoms with Crippen molar-refractivity contribution in [3.8, 4) is 0 Å². The molecule has 0 saturated carbocycles. The first-order valence-electron chi connectivity index (χ1n) is 10.8. The zero-order chi connectivity index (χ0) is 22.6. The second kappa shape index (κ2) is 13.4. The van der Waals surface area contributed by atoms with Crippen LogP contribution in [0.4, 0.5) is 0 Å². The molecule has 6 nitrogen and oxygen atoms in total. The van der Waals surface area contributed by atoms with Crippen LogP contribution in [0.25, 0.3) is 0 Å². The van der Waals surface area contributed by atoms with E-state index in [0.717, 1.165) is 43.7 Å². The first-order valence-corrected chi connectivity index (χ1v) is 11.2. The van der Waals surface area contributed by atoms with Crippen molar-refractivity contribution in [3.05, 3.63) is 64.4 Å². The summed E-state index contributed by atoms with van der Waals surface area (Å²) in [7, 11) is 1.66. The second-order valence-corrected chi connectivity index (χ2v) is 8.31. The van der Waals surface area contributed by atoms with Crippen LogP contribution in [0.1, 0.15) is 55.5 Å². The molecule has 2 aromatic rings. The van der Waals surface area contributed by atoms with Gasteiger partial charge in [0.15, 0.2) is 0 Å². The van der Waals surface area contributed by atoms with Gasteiger partial charge in [-0.1, -0.05) is 54.8 Å². The van der Waals surface area contributed by atoms with Crippen LogP contribution >= 0.6 is 11.6 Å². The normalized spacial score (nSPS) is 13.2. The van der Waals surface area contributed by atoms with Gasteiger partial charge in [-0.2, -0.15) is 0 Å². The van der Waals surface area contributed by atoms with Crippen LogP contribution in [0, 0.1) is 12.8 Å². The quantitative estimate of drug-likeness (QED) is 0.258. The molecule has 0 fully saturated rings. The number of aryl methyl sites for hydroxylation is 1. The van der Waals surface area contributed by atoms with E-state index in [1.54, 1.807) is 13.3 Å². The number of aromatic nitrogens is 1. The number of benzene rings is 1. The molecule has 2 atom stereocenters. The van der Waals surface area contributed by atoms with E-state index in [9.17, 15) is 10.0 Å². The standard InChI is InChI=1S/C24H34ClN3O3/c1-4-28(17-22-13-12-21(25)16-26-22)14-6-5-7-20(24(29)27-30)15-23(31-3)19-10-8-18(2)9-11-19/h8-13,16,20,23,30H,4-7,14-15,17H2,1-3H3,(H,27,29)/t20-,23+/m0/s1. The molecule has 1 aromatic heterocycles. The molecule has 0 unspecified atom stereocenters. The molecular formula is C24H34ClN3O3. The van der Waals surface area contributed by atoms with E-state index in [2.05, 4.69) is 16.8 Å². The summed E-state index contributed by atoms with van der Waals surface area (Å²) >= 11 is 5.91. The minimum atomic E-state index is -0.355. The number of rotatable bonds is 13. The third-order valence-corrected chi connectivity index (χ3v) is 5.84. The van der Waals surface area contributed by atoms with E-state index in [4.69, 9.17) is 16.3 Å². The van der Waals surface area contributed by atoms with E-state index in [0.29, 0.717) is 17.9 Å². The Morgan fingerprint density at radius 1 is 1.23 bits per heavy atom. The number of carbonyl (C=O) groups is 1. The number of amides is 1. The number of ether oxygens (including phenoxy) is 1. The predicted octanol–water partition coefficient (Wildman–Crippen LogP) is 4.94. The Morgan fingerprint density at radius 2 is 1.97 bits per heavy atom. The topological polar surface area (TPSA) is 74.7 Å². The average Bonchev–Trinajstić information content (AvgIpc) is 2.79. The maximum absolute atomic E-state index is 12.3. The molecule has 31 heavy (non-hydrogen) atoms. The van der Waals surface area contributed by atoms with E-state index in [1.165, 1.54) is 5.56 Å². The summed E-state index contributed by atoms with van der Waals surface area (Å²) in [5.41, 5.74) is 5.04. The molecule has 170 valence electrons. The smallest absolute Gasteiger partial charge is 0.246 e. The summed E-state index contributed by atoms with van der Waals surface area (Å²) in [5.74, 6) is -0.670. The van der Waals surface area contributed by atoms with Crippen molar-refractivity contribution >= 4 is 17.5 Å². The number of unbranched alkanes of at least 4 members (excludes halogenated alkanes) is 1. The number of carbonyl (C=O) groups excluding carboxylic acids is 1. The largest absolute Gasteiger partial charge is 0.377 e. The third-order valence-electron chi connectivity index (χ3n) is 5.61. The minimum Gasteiger partial charge on any atom is -0.377 e. The molecule has 0 saturated heterocycles. The molecule has 2 N–H and O–H groups in total. The summed E-state index contributed by atoms with van der Waals surface area (Å²) in [6.45, 7) is 6.77. The van der Waals surface area contributed by atoms with Crippen LogP contribution < -0.4 is 5.48 Å². The fourth-order valence-electron chi connectivity index (χ4n) is 3.66. The molecule has 1 aromatic carbocycles. The van der Waals surface area contributed by atoms with E-state index >= 15 is 0 Å². The van der Waals surface area contributed by atoms with Gasteiger partial charge in [-0.15, -0.1) is 0 Å². The van der Waals surface area contributed by atoms with Crippen molar-refractivity contribution in [1.82, 2.24) is 15.4 Å². The van der Waals surface area contributed by atoms with Gasteiger partial charge in [0.25, 0.3) is 0 Å². The summed E-state index contributed by atoms with van der Waals surface area (Å²) in [6.07, 6.45) is 4.54. The molecule has 0 aliphatic rings. The van der Waals surface area contributed by atoms with Crippen molar-refractivity contribution in [3.63, 3.8) is 0 Å². The van der Waals surface area contributed by atoms with Crippen molar-refractivity contribution in [2.24, 2.45) is 5.92 Å². The zero-order valence-electron chi connectivity index (χ0n) is 18.7. The van der Waals surface area contributed by atoms with Gasteiger partial charge in [0.2, 0.25) is 5.91 Å². The minimum absolute atomic E-state index is 0.189. The zero-order valence-corrected chi connectivity index (χ0v) is 19.4. The third kappa shape index (κ3) is 8.57. The molecule has 1 amide bonds. The average molecular weight is 448 g/mol. The lowest BCUT2D eigenvalue weighted by Gasteiger charge is -2.23. The highest BCUT2D eigenvalue weighted by Gasteiger charge is 2.23. The van der Waals surface area contributed by atoms with Crippen LogP contribution in [-0.2, 0) is 16.1 Å². The highest BCUT2D eigenvalue weighted by Crippen LogP contribution is 2.28. The lowest BCUT2D eigenvalue weighted by atomic mass is 9.91. The number of halogens is 1. The molecule has 0 aliphatic heterocycles. The maximum atomic E-state index is 12.3. The fourth-order valence-corrected chi connectivity index (χ4v) is 3.77. The Morgan fingerprint density at radius 3 is 2.55 bits per heavy atom. The highest BCUT2D eigenvalue weighted by molar-refractivity contribution is 6.30. The maximum Gasteiger partial charge on any atom is 0.246 e. The Balaban J connectivity index is 1.86. The molecule has 7 heteroatoms. The van der Waals surface area contributed by atoms with Crippen molar-refractivity contribution in [2.45, 2.75) is 52.2 Å². The SMILES string of the molecule is CCN(CCCC[C@@H](C[C@@H](OC)c1ccc(C)cc1)C(=O)NO)Cc1ccc(Cl)cn1. The number of hydrogen-bond acceptors (Lipinski definition) is 5. The van der Waals surface area contributed by atoms with Crippen molar-refractivity contribution < 1.29 is 14.7 Å².